The van der Waals surface area contributed by atoms with E-state index in [1.165, 1.54) is 12.7 Å². The Morgan fingerprint density at radius 3 is 2.81 bits per heavy atom. The highest BCUT2D eigenvalue weighted by Crippen LogP contribution is 2.15. The molecule has 2 rings (SSSR count). The van der Waals surface area contributed by atoms with Crippen LogP contribution in [0.5, 0.6) is 0 Å². The minimum absolute atomic E-state index is 0.129. The number of piperazine rings is 1. The summed E-state index contributed by atoms with van der Waals surface area (Å²) in [5, 5.41) is 4.40. The normalized spacial score (nSPS) is 20.7. The van der Waals surface area contributed by atoms with Crippen molar-refractivity contribution in [3.05, 3.63) is 17.5 Å². The molecule has 1 aromatic rings. The van der Waals surface area contributed by atoms with Crippen LogP contribution in [0.3, 0.4) is 0 Å². The van der Waals surface area contributed by atoms with Crippen LogP contribution in [0.2, 0.25) is 0 Å². The van der Waals surface area contributed by atoms with E-state index in [2.05, 4.69) is 34.9 Å². The lowest BCUT2D eigenvalue weighted by Crippen LogP contribution is -2.51. The van der Waals surface area contributed by atoms with Crippen molar-refractivity contribution in [3.63, 3.8) is 0 Å². The van der Waals surface area contributed by atoms with E-state index in [1.807, 2.05) is 11.7 Å². The van der Waals surface area contributed by atoms with Gasteiger partial charge in [0.1, 0.15) is 0 Å². The lowest BCUT2D eigenvalue weighted by molar-refractivity contribution is -0.141. The minimum atomic E-state index is -0.129. The molecule has 0 amide bonds. The monoisotopic (exact) mass is 294 g/mol. The van der Waals surface area contributed by atoms with E-state index < -0.39 is 0 Å². The summed E-state index contributed by atoms with van der Waals surface area (Å²) in [7, 11) is 3.41. The molecule has 118 valence electrons. The molecule has 0 unspecified atom stereocenters. The minimum Gasteiger partial charge on any atom is -0.469 e. The van der Waals surface area contributed by atoms with E-state index in [0.717, 1.165) is 38.4 Å². The average Bonchev–Trinajstić information content (AvgIpc) is 2.77. The number of nitrogens with zero attached hydrogens (tertiary/aromatic N) is 4. The zero-order valence-electron chi connectivity index (χ0n) is 13.5. The molecule has 1 aliphatic rings. The number of methoxy groups -OCH3 is 1. The van der Waals surface area contributed by atoms with Gasteiger partial charge in [0.2, 0.25) is 0 Å². The standard InChI is InChI=1S/C15H26N4O2/c1-12-9-18(6-5-15(20)21-4)7-8-19(12)11-14-10-17(3)16-13(14)2/h10,12H,5-9,11H2,1-4H3/t12-/m1/s1. The molecule has 0 aromatic carbocycles. The number of aryl methyl sites for hydroxylation is 2. The lowest BCUT2D eigenvalue weighted by atomic mass is 10.1. The Kier molecular flexibility index (Phi) is 5.36. The molecule has 0 radical (unpaired) electrons. The molecule has 1 aliphatic heterocycles. The second kappa shape index (κ2) is 7.04. The maximum absolute atomic E-state index is 11.2. The Hall–Kier alpha value is -1.40. The third-order valence-corrected chi connectivity index (χ3v) is 4.20. The molecule has 6 nitrogen and oxygen atoms in total. The molecule has 21 heavy (non-hydrogen) atoms. The van der Waals surface area contributed by atoms with Crippen LogP contribution in [-0.4, -0.2) is 64.9 Å². The molecule has 2 heterocycles. The summed E-state index contributed by atoms with van der Waals surface area (Å²) in [5.41, 5.74) is 2.41. The van der Waals surface area contributed by atoms with Gasteiger partial charge >= 0.3 is 5.97 Å². The lowest BCUT2D eigenvalue weighted by Gasteiger charge is -2.39. The van der Waals surface area contributed by atoms with E-state index >= 15 is 0 Å². The number of ether oxygens (including phenoxy) is 1. The number of aromatic nitrogens is 2. The van der Waals surface area contributed by atoms with Gasteiger partial charge in [-0.2, -0.15) is 5.10 Å². The Balaban J connectivity index is 1.83. The summed E-state index contributed by atoms with van der Waals surface area (Å²) in [6.07, 6.45) is 2.58. The average molecular weight is 294 g/mol. The Morgan fingerprint density at radius 1 is 1.48 bits per heavy atom. The second-order valence-corrected chi connectivity index (χ2v) is 5.86. The van der Waals surface area contributed by atoms with E-state index in [4.69, 9.17) is 4.74 Å². The molecule has 1 fully saturated rings. The fraction of sp³-hybridized carbons (Fsp3) is 0.733. The predicted octanol–water partition coefficient (Wildman–Crippen LogP) is 0.798. The van der Waals surface area contributed by atoms with Crippen LogP contribution in [0.15, 0.2) is 6.20 Å². The number of hydrogen-bond donors (Lipinski definition) is 0. The first kappa shape index (κ1) is 16.0. The second-order valence-electron chi connectivity index (χ2n) is 5.86. The van der Waals surface area contributed by atoms with Crippen LogP contribution < -0.4 is 0 Å². The van der Waals surface area contributed by atoms with Gasteiger partial charge in [0.25, 0.3) is 0 Å². The fourth-order valence-electron chi connectivity index (χ4n) is 2.88. The third kappa shape index (κ3) is 4.28. The Morgan fingerprint density at radius 2 is 2.24 bits per heavy atom. The number of carbonyl (C=O) groups excluding carboxylic acids is 1. The van der Waals surface area contributed by atoms with Gasteiger partial charge in [-0.3, -0.25) is 19.3 Å². The van der Waals surface area contributed by atoms with E-state index in [0.29, 0.717) is 12.5 Å². The molecule has 1 atom stereocenters. The van der Waals surface area contributed by atoms with Gasteiger partial charge in [-0.1, -0.05) is 0 Å². The van der Waals surface area contributed by atoms with Crippen LogP contribution >= 0.6 is 0 Å². The van der Waals surface area contributed by atoms with Gasteiger partial charge in [-0.25, -0.2) is 0 Å². The van der Waals surface area contributed by atoms with Crippen molar-refractivity contribution in [2.24, 2.45) is 7.05 Å². The van der Waals surface area contributed by atoms with Crippen LogP contribution in [0.1, 0.15) is 24.6 Å². The topological polar surface area (TPSA) is 50.6 Å². The van der Waals surface area contributed by atoms with Crippen molar-refractivity contribution in [3.8, 4) is 0 Å². The van der Waals surface area contributed by atoms with Crippen molar-refractivity contribution >= 4 is 5.97 Å². The van der Waals surface area contributed by atoms with Crippen molar-refractivity contribution in [2.45, 2.75) is 32.9 Å². The summed E-state index contributed by atoms with van der Waals surface area (Å²) < 4.78 is 6.58. The van der Waals surface area contributed by atoms with Crippen molar-refractivity contribution in [1.82, 2.24) is 19.6 Å². The van der Waals surface area contributed by atoms with Crippen LogP contribution in [0, 0.1) is 6.92 Å². The molecule has 0 N–H and O–H groups in total. The highest BCUT2D eigenvalue weighted by molar-refractivity contribution is 5.69. The molecular weight excluding hydrogens is 268 g/mol. The van der Waals surface area contributed by atoms with Gasteiger partial charge in [0.05, 0.1) is 19.2 Å². The van der Waals surface area contributed by atoms with E-state index in [9.17, 15) is 4.79 Å². The number of esters is 1. The first-order chi connectivity index (χ1) is 9.99. The van der Waals surface area contributed by atoms with Gasteiger partial charge in [0.15, 0.2) is 0 Å². The number of hydrogen-bond acceptors (Lipinski definition) is 5. The van der Waals surface area contributed by atoms with Gasteiger partial charge < -0.3 is 4.74 Å². The smallest absolute Gasteiger partial charge is 0.306 e. The van der Waals surface area contributed by atoms with Crippen LogP contribution in [0.25, 0.3) is 0 Å². The summed E-state index contributed by atoms with van der Waals surface area (Å²) in [6.45, 7) is 9.07. The molecule has 0 spiro atoms. The first-order valence-corrected chi connectivity index (χ1v) is 7.52. The number of carbonyl (C=O) groups is 1. The van der Waals surface area contributed by atoms with Crippen molar-refractivity contribution in [1.29, 1.82) is 0 Å². The zero-order chi connectivity index (χ0) is 15.4. The molecule has 0 bridgehead atoms. The fourth-order valence-corrected chi connectivity index (χ4v) is 2.88. The van der Waals surface area contributed by atoms with Crippen LogP contribution in [-0.2, 0) is 23.1 Å². The first-order valence-electron chi connectivity index (χ1n) is 7.52. The molecule has 1 aromatic heterocycles. The van der Waals surface area contributed by atoms with E-state index in [1.54, 1.807) is 0 Å². The molecule has 6 heteroatoms. The third-order valence-electron chi connectivity index (χ3n) is 4.20. The zero-order valence-corrected chi connectivity index (χ0v) is 13.5. The summed E-state index contributed by atoms with van der Waals surface area (Å²) in [4.78, 5) is 16.0. The van der Waals surface area contributed by atoms with Gasteiger partial charge in [-0.15, -0.1) is 0 Å². The number of rotatable bonds is 5. The molecular formula is C15H26N4O2. The molecule has 0 aliphatic carbocycles. The molecule has 1 saturated heterocycles. The van der Waals surface area contributed by atoms with Gasteiger partial charge in [-0.05, 0) is 13.8 Å². The van der Waals surface area contributed by atoms with Crippen molar-refractivity contribution in [2.75, 3.05) is 33.3 Å². The summed E-state index contributed by atoms with van der Waals surface area (Å²) >= 11 is 0. The maximum Gasteiger partial charge on any atom is 0.306 e. The molecule has 0 saturated carbocycles. The van der Waals surface area contributed by atoms with Crippen LogP contribution in [0.4, 0.5) is 0 Å². The summed E-state index contributed by atoms with van der Waals surface area (Å²) in [5.74, 6) is -0.129. The van der Waals surface area contributed by atoms with Crippen molar-refractivity contribution < 1.29 is 9.53 Å². The highest BCUT2D eigenvalue weighted by Gasteiger charge is 2.24. The largest absolute Gasteiger partial charge is 0.469 e. The van der Waals surface area contributed by atoms with Gasteiger partial charge in [0, 0.05) is 57.6 Å². The predicted molar refractivity (Wildman–Crippen MR) is 80.9 cm³/mol. The maximum atomic E-state index is 11.2. The quantitative estimate of drug-likeness (QED) is 0.752. The summed E-state index contributed by atoms with van der Waals surface area (Å²) in [6, 6.07) is 0.482. The SMILES string of the molecule is COC(=O)CCN1CCN(Cc2cn(C)nc2C)[C@H](C)C1. The Labute approximate surface area is 126 Å². The Bertz CT molecular complexity index is 486. The van der Waals surface area contributed by atoms with E-state index in [-0.39, 0.29) is 5.97 Å². The highest BCUT2D eigenvalue weighted by atomic mass is 16.5.